The van der Waals surface area contributed by atoms with Crippen molar-refractivity contribution < 1.29 is 9.18 Å². The summed E-state index contributed by atoms with van der Waals surface area (Å²) in [5.74, 6) is 0.439. The highest BCUT2D eigenvalue weighted by atomic mass is 19.1. The number of nitrogens with zero attached hydrogens (tertiary/aromatic N) is 2. The Balaban J connectivity index is 1.25. The second-order valence-corrected chi connectivity index (χ2v) is 12.4. The first-order valence-corrected chi connectivity index (χ1v) is 15.5. The lowest BCUT2D eigenvalue weighted by Crippen LogP contribution is -2.51. The zero-order chi connectivity index (χ0) is 28.5. The van der Waals surface area contributed by atoms with Crippen LogP contribution in [-0.4, -0.2) is 23.0 Å². The Bertz CT molecular complexity index is 1340. The third-order valence-electron chi connectivity index (χ3n) is 9.57. The Kier molecular flexibility index (Phi) is 7.92. The minimum atomic E-state index is -0.230. The first kappa shape index (κ1) is 27.6. The smallest absolute Gasteiger partial charge is 0.318 e. The van der Waals surface area contributed by atoms with E-state index in [4.69, 9.17) is 0 Å². The van der Waals surface area contributed by atoms with Crippen molar-refractivity contribution in [2.24, 2.45) is 11.8 Å². The standard InChI is InChI=1S/C35H43FN4O/c1-23(2)39(29-12-8-5-9-13-29)35(41)38-32(25-10-6-4-7-11-25)20-26-14-15-27-21-33-31(24(3)34(26)27)22-37-40(33)30-18-16-28(36)17-19-30/h4,6-7,10-11,16-19,21-24,26,29,32,37H,5,8-9,12-15,20H2,1-3H3,(H,38,41)/t24-,26+,32?/m0/s1. The molecule has 1 heterocycles. The molecule has 6 heteroatoms. The van der Waals surface area contributed by atoms with E-state index < -0.39 is 0 Å². The molecule has 216 valence electrons. The fourth-order valence-corrected chi connectivity index (χ4v) is 7.61. The Morgan fingerprint density at radius 1 is 1.05 bits per heavy atom. The zero-order valence-corrected chi connectivity index (χ0v) is 24.6. The maximum absolute atomic E-state index is 13.9. The van der Waals surface area contributed by atoms with Gasteiger partial charge in [0.05, 0.1) is 17.4 Å². The van der Waals surface area contributed by atoms with Crippen molar-refractivity contribution in [1.82, 2.24) is 15.6 Å². The first-order chi connectivity index (χ1) is 19.9. The summed E-state index contributed by atoms with van der Waals surface area (Å²) >= 11 is 0. The number of fused-ring (bicyclic) bond motifs is 1. The molecule has 4 aliphatic rings. The molecule has 0 saturated heterocycles. The van der Waals surface area contributed by atoms with Gasteiger partial charge in [-0.25, -0.2) is 9.18 Å². The molecule has 1 unspecified atom stereocenters. The van der Waals surface area contributed by atoms with Gasteiger partial charge in [0.15, 0.2) is 0 Å². The summed E-state index contributed by atoms with van der Waals surface area (Å²) in [6.07, 6.45) is 13.3. The average Bonchev–Trinajstić information content (AvgIpc) is 3.59. The van der Waals surface area contributed by atoms with E-state index in [1.54, 1.807) is 0 Å². The van der Waals surface area contributed by atoms with Gasteiger partial charge in [-0.1, -0.05) is 62.1 Å². The highest BCUT2D eigenvalue weighted by molar-refractivity contribution is 5.75. The van der Waals surface area contributed by atoms with Gasteiger partial charge in [0, 0.05) is 29.8 Å². The number of carbonyl (C=O) groups is 1. The summed E-state index contributed by atoms with van der Waals surface area (Å²) in [7, 11) is 0. The number of hydrazine groups is 1. The van der Waals surface area contributed by atoms with Crippen molar-refractivity contribution >= 4 is 11.7 Å². The van der Waals surface area contributed by atoms with Crippen molar-refractivity contribution in [2.75, 3.05) is 5.01 Å². The number of anilines is 1. The number of allylic oxidation sites excluding steroid dienone is 4. The number of carbonyl (C=O) groups excluding carboxylic acids is 1. The number of hydrogen-bond acceptors (Lipinski definition) is 3. The van der Waals surface area contributed by atoms with Crippen molar-refractivity contribution in [1.29, 1.82) is 0 Å². The molecule has 0 bridgehead atoms. The van der Waals surface area contributed by atoms with Gasteiger partial charge in [-0.05, 0) is 93.3 Å². The van der Waals surface area contributed by atoms with E-state index >= 15 is 0 Å². The van der Waals surface area contributed by atoms with Crippen LogP contribution in [0, 0.1) is 17.7 Å². The predicted octanol–water partition coefficient (Wildman–Crippen LogP) is 8.16. The molecule has 3 atom stereocenters. The molecule has 2 amide bonds. The molecule has 2 aromatic rings. The Labute approximate surface area is 244 Å². The van der Waals surface area contributed by atoms with Crippen LogP contribution in [0.25, 0.3) is 0 Å². The molecule has 6 rings (SSSR count). The summed E-state index contributed by atoms with van der Waals surface area (Å²) in [4.78, 5) is 16.0. The lowest BCUT2D eigenvalue weighted by molar-refractivity contribution is 0.130. The summed E-state index contributed by atoms with van der Waals surface area (Å²) in [6.45, 7) is 6.60. The number of benzene rings is 2. The predicted molar refractivity (Wildman–Crippen MR) is 163 cm³/mol. The van der Waals surface area contributed by atoms with Crippen molar-refractivity contribution in [3.8, 4) is 0 Å². The van der Waals surface area contributed by atoms with Crippen LogP contribution in [0.5, 0.6) is 0 Å². The van der Waals surface area contributed by atoms with Crippen LogP contribution < -0.4 is 15.8 Å². The highest BCUT2D eigenvalue weighted by Gasteiger charge is 2.39. The van der Waals surface area contributed by atoms with Crippen molar-refractivity contribution in [3.05, 3.63) is 101 Å². The topological polar surface area (TPSA) is 47.6 Å². The molecule has 5 nitrogen and oxygen atoms in total. The van der Waals surface area contributed by atoms with Crippen LogP contribution in [0.15, 0.2) is 89.3 Å². The molecule has 2 N–H and O–H groups in total. The van der Waals surface area contributed by atoms with Crippen LogP contribution in [0.1, 0.15) is 83.7 Å². The Morgan fingerprint density at radius 3 is 2.49 bits per heavy atom. The maximum atomic E-state index is 13.9. The van der Waals surface area contributed by atoms with Crippen LogP contribution in [0.3, 0.4) is 0 Å². The number of nitrogens with one attached hydrogen (secondary N) is 2. The number of halogens is 1. The third-order valence-corrected chi connectivity index (χ3v) is 9.57. The third kappa shape index (κ3) is 5.53. The zero-order valence-electron chi connectivity index (χ0n) is 24.6. The van der Waals surface area contributed by atoms with Gasteiger partial charge in [-0.2, -0.15) is 0 Å². The second kappa shape index (κ2) is 11.8. The molecule has 3 aliphatic carbocycles. The van der Waals surface area contributed by atoms with E-state index in [2.05, 4.69) is 78.0 Å². The summed E-state index contributed by atoms with van der Waals surface area (Å²) in [5.41, 5.74) is 10.8. The fourth-order valence-electron chi connectivity index (χ4n) is 7.61. The molecule has 41 heavy (non-hydrogen) atoms. The SMILES string of the molecule is CC(C)N(C(=O)NC(C[C@H]1CCC2=C1[C@@H](C)C1=CNN(c3ccc(F)cc3)C1=C2)c1ccccc1)C1CCCCC1. The molecule has 2 aromatic carbocycles. The molecular formula is C35H43FN4O. The Hall–Kier alpha value is -3.54. The molecule has 1 aliphatic heterocycles. The minimum absolute atomic E-state index is 0.0469. The van der Waals surface area contributed by atoms with Crippen LogP contribution in [-0.2, 0) is 0 Å². The van der Waals surface area contributed by atoms with Gasteiger partial charge in [0.25, 0.3) is 0 Å². The van der Waals surface area contributed by atoms with Crippen LogP contribution in [0.4, 0.5) is 14.9 Å². The summed E-state index contributed by atoms with van der Waals surface area (Å²) in [6, 6.07) is 17.7. The van der Waals surface area contributed by atoms with E-state index in [9.17, 15) is 9.18 Å². The molecular weight excluding hydrogens is 511 g/mol. The lowest BCUT2D eigenvalue weighted by atomic mass is 9.78. The van der Waals surface area contributed by atoms with Crippen LogP contribution >= 0.6 is 0 Å². The van der Waals surface area contributed by atoms with Gasteiger partial charge < -0.3 is 15.6 Å². The number of amides is 2. The normalized spacial score (nSPS) is 23.0. The van der Waals surface area contributed by atoms with E-state index in [1.807, 2.05) is 18.2 Å². The van der Waals surface area contributed by atoms with E-state index in [0.717, 1.165) is 43.5 Å². The molecule has 1 saturated carbocycles. The quantitative estimate of drug-likeness (QED) is 0.363. The van der Waals surface area contributed by atoms with Gasteiger partial charge >= 0.3 is 6.03 Å². The molecule has 0 aromatic heterocycles. The van der Waals surface area contributed by atoms with E-state index in [1.165, 1.54) is 53.7 Å². The molecule has 0 spiro atoms. The summed E-state index contributed by atoms with van der Waals surface area (Å²) < 4.78 is 13.6. The first-order valence-electron chi connectivity index (χ1n) is 15.5. The molecule has 1 fully saturated rings. The summed E-state index contributed by atoms with van der Waals surface area (Å²) in [5, 5.41) is 5.57. The maximum Gasteiger partial charge on any atom is 0.318 e. The van der Waals surface area contributed by atoms with E-state index in [0.29, 0.717) is 12.0 Å². The van der Waals surface area contributed by atoms with Crippen molar-refractivity contribution in [2.45, 2.75) is 90.3 Å². The number of rotatable bonds is 7. The van der Waals surface area contributed by atoms with Crippen molar-refractivity contribution in [3.63, 3.8) is 0 Å². The Morgan fingerprint density at radius 2 is 1.78 bits per heavy atom. The number of hydrogen-bond donors (Lipinski definition) is 2. The van der Waals surface area contributed by atoms with Gasteiger partial charge in [-0.15, -0.1) is 0 Å². The second-order valence-electron chi connectivity index (χ2n) is 12.4. The monoisotopic (exact) mass is 554 g/mol. The number of urea groups is 1. The molecule has 0 radical (unpaired) electrons. The van der Waals surface area contributed by atoms with Gasteiger partial charge in [-0.3, -0.25) is 5.01 Å². The van der Waals surface area contributed by atoms with E-state index in [-0.39, 0.29) is 29.8 Å². The minimum Gasteiger partial charge on any atom is -0.331 e. The lowest BCUT2D eigenvalue weighted by Gasteiger charge is -2.38. The highest BCUT2D eigenvalue weighted by Crippen LogP contribution is 2.50. The fraction of sp³-hybridized carbons (Fsp3) is 0.457. The van der Waals surface area contributed by atoms with Crippen LogP contribution in [0.2, 0.25) is 0 Å². The average molecular weight is 555 g/mol. The van der Waals surface area contributed by atoms with Gasteiger partial charge in [0.2, 0.25) is 0 Å². The largest absolute Gasteiger partial charge is 0.331 e. The van der Waals surface area contributed by atoms with Gasteiger partial charge in [0.1, 0.15) is 5.82 Å².